The number of ether oxygens (including phenoxy) is 4. The van der Waals surface area contributed by atoms with Gasteiger partial charge in [0, 0.05) is 18.9 Å². The van der Waals surface area contributed by atoms with Crippen molar-refractivity contribution in [2.45, 2.75) is 49.2 Å². The zero-order valence-corrected chi connectivity index (χ0v) is 14.7. The van der Waals surface area contributed by atoms with Crippen molar-refractivity contribution in [2.24, 2.45) is 0 Å². The molecule has 0 aromatic carbocycles. The van der Waals surface area contributed by atoms with Gasteiger partial charge < -0.3 is 0 Å². The predicted octanol–water partition coefficient (Wildman–Crippen LogP) is 3.11. The summed E-state index contributed by atoms with van der Waals surface area (Å²) in [6.07, 6.45) is 4.57. The molecule has 0 aliphatic heterocycles. The van der Waals surface area contributed by atoms with E-state index in [2.05, 4.69) is 28.8 Å². The van der Waals surface area contributed by atoms with Crippen LogP contribution >= 0.6 is 0 Å². The third-order valence-corrected chi connectivity index (χ3v) is 4.10. The van der Waals surface area contributed by atoms with Gasteiger partial charge in [-0.3, -0.25) is 0 Å². The monoisotopic (exact) mass is 332 g/mol. The number of rotatable bonds is 14. The molecule has 0 heterocycles. The van der Waals surface area contributed by atoms with Gasteiger partial charge in [0.1, 0.15) is 0 Å². The van der Waals surface area contributed by atoms with E-state index in [0.29, 0.717) is 23.2 Å². The molecular weight excluding hydrogens is 303 g/mol. The first-order chi connectivity index (χ1) is 9.20. The normalized spacial score (nSPS) is 14.0. The molecule has 0 N–H and O–H groups in total. The maximum atomic E-state index is 5.28. The molecule has 0 saturated heterocycles. The average molecular weight is 333 g/mol. The van der Waals surface area contributed by atoms with Crippen LogP contribution < -0.4 is 0 Å². The zero-order chi connectivity index (χ0) is 14.3. The van der Waals surface area contributed by atoms with Gasteiger partial charge in [-0.05, 0) is 0 Å². The fourth-order valence-electron chi connectivity index (χ4n) is 1.58. The van der Waals surface area contributed by atoms with Crippen molar-refractivity contribution in [3.63, 3.8) is 0 Å². The van der Waals surface area contributed by atoms with Crippen molar-refractivity contribution in [1.29, 1.82) is 0 Å². The van der Waals surface area contributed by atoms with Crippen LogP contribution in [0, 0.1) is 0 Å². The topological polar surface area (TPSA) is 36.9 Å². The number of methoxy groups -OCH3 is 2. The van der Waals surface area contributed by atoms with E-state index in [1.807, 2.05) is 0 Å². The smallest absolute Gasteiger partial charge is 0 e. The van der Waals surface area contributed by atoms with Gasteiger partial charge in [-0.2, -0.15) is 0 Å². The maximum absolute atomic E-state index is 5.28. The van der Waals surface area contributed by atoms with Crippen LogP contribution in [0.5, 0.6) is 0 Å². The molecule has 6 heteroatoms. The average Bonchev–Trinajstić information content (AvgIpc) is 2.38. The quantitative estimate of drug-likeness (QED) is 0.278. The van der Waals surface area contributed by atoms with Crippen LogP contribution in [0.2, 0.25) is 9.63 Å². The molecule has 0 aliphatic carbocycles. The Labute approximate surface area is 143 Å². The Morgan fingerprint density at radius 1 is 0.800 bits per heavy atom. The van der Waals surface area contributed by atoms with Gasteiger partial charge >= 0.3 is 124 Å². The van der Waals surface area contributed by atoms with Gasteiger partial charge in [0.2, 0.25) is 0 Å². The van der Waals surface area contributed by atoms with Crippen LogP contribution in [-0.2, 0) is 33.9 Å². The molecule has 0 rings (SSSR count). The molecule has 2 atom stereocenters. The molecule has 0 saturated carbocycles. The second-order valence-electron chi connectivity index (χ2n) is 4.43. The molecule has 0 spiro atoms. The first kappa shape index (κ1) is 23.2. The van der Waals surface area contributed by atoms with Crippen LogP contribution in [-0.4, -0.2) is 59.9 Å². The van der Waals surface area contributed by atoms with E-state index >= 15 is 0 Å². The Morgan fingerprint density at radius 3 is 1.55 bits per heavy atom. The van der Waals surface area contributed by atoms with E-state index in [9.17, 15) is 0 Å². The molecular formula is C14H30CuLiO4. The maximum Gasteiger partial charge on any atom is 0 e. The summed E-state index contributed by atoms with van der Waals surface area (Å²) in [5, 5.41) is 0. The molecule has 122 valence electrons. The molecule has 0 bridgehead atoms. The van der Waals surface area contributed by atoms with E-state index in [1.54, 1.807) is 14.2 Å². The van der Waals surface area contributed by atoms with Crippen molar-refractivity contribution in [3.8, 4) is 0 Å². The van der Waals surface area contributed by atoms with Gasteiger partial charge in [-0.15, -0.1) is 0 Å². The van der Waals surface area contributed by atoms with E-state index in [4.69, 9.17) is 18.9 Å². The van der Waals surface area contributed by atoms with Crippen molar-refractivity contribution in [1.82, 2.24) is 0 Å². The molecule has 20 heavy (non-hydrogen) atoms. The molecule has 2 unspecified atom stereocenters. The summed E-state index contributed by atoms with van der Waals surface area (Å²) in [6, 6.07) is 0. The molecule has 0 amide bonds. The Morgan fingerprint density at radius 2 is 1.20 bits per heavy atom. The first-order valence-corrected chi connectivity index (χ1v) is 7.96. The minimum absolute atomic E-state index is 0. The van der Waals surface area contributed by atoms with E-state index in [-0.39, 0.29) is 18.9 Å². The first-order valence-electron chi connectivity index (χ1n) is 6.87. The Bertz CT molecular complexity index is 169. The largest absolute Gasteiger partial charge is 0 e. The SMILES string of the molecule is COCOCCC[CH](C)[Cu][CH](C)CCCOCOC.[Li]. The van der Waals surface area contributed by atoms with Gasteiger partial charge in [-0.25, -0.2) is 0 Å². The van der Waals surface area contributed by atoms with Crippen molar-refractivity contribution >= 4 is 18.9 Å². The van der Waals surface area contributed by atoms with Crippen LogP contribution in [0.4, 0.5) is 0 Å². The summed E-state index contributed by atoms with van der Waals surface area (Å²) < 4.78 is 20.2. The molecule has 0 aromatic rings. The van der Waals surface area contributed by atoms with Gasteiger partial charge in [0.15, 0.2) is 0 Å². The van der Waals surface area contributed by atoms with Gasteiger partial charge in [0.25, 0.3) is 0 Å². The summed E-state index contributed by atoms with van der Waals surface area (Å²) in [5.41, 5.74) is 0. The fraction of sp³-hybridized carbons (Fsp3) is 1.00. The molecule has 0 fully saturated rings. The van der Waals surface area contributed by atoms with E-state index in [1.165, 1.54) is 12.8 Å². The second-order valence-corrected chi connectivity index (χ2v) is 6.60. The Kier molecular flexibility index (Phi) is 20.9. The summed E-state index contributed by atoms with van der Waals surface area (Å²) in [4.78, 5) is 1.34. The minimum Gasteiger partial charge on any atom is 0 e. The van der Waals surface area contributed by atoms with Crippen molar-refractivity contribution in [3.05, 3.63) is 0 Å². The Balaban J connectivity index is 0. The van der Waals surface area contributed by atoms with Crippen LogP contribution in [0.15, 0.2) is 0 Å². The summed E-state index contributed by atoms with van der Waals surface area (Å²) in [7, 11) is 3.30. The summed E-state index contributed by atoms with van der Waals surface area (Å²) >= 11 is 2.15. The minimum atomic E-state index is 0. The third kappa shape index (κ3) is 17.0. The van der Waals surface area contributed by atoms with Crippen LogP contribution in [0.25, 0.3) is 0 Å². The van der Waals surface area contributed by atoms with Crippen LogP contribution in [0.3, 0.4) is 0 Å². The van der Waals surface area contributed by atoms with Crippen molar-refractivity contribution < 1.29 is 33.9 Å². The third-order valence-electron chi connectivity index (χ3n) is 2.48. The Hall–Kier alpha value is 0.957. The van der Waals surface area contributed by atoms with Crippen LogP contribution in [0.1, 0.15) is 39.5 Å². The standard InChI is InChI=1S/2C7H15O2.Cu.Li/c2*1-3-4-5-6-9-7-8-2;;/h2*3H,4-7H2,1-2H3;;. The zero-order valence-electron chi connectivity index (χ0n) is 13.7. The molecule has 0 aromatic heterocycles. The summed E-state index contributed by atoms with van der Waals surface area (Å²) in [6.45, 7) is 6.95. The molecule has 1 radical (unpaired) electrons. The predicted molar refractivity (Wildman–Crippen MR) is 78.7 cm³/mol. The van der Waals surface area contributed by atoms with Crippen molar-refractivity contribution in [2.75, 3.05) is 41.0 Å². The molecule has 0 aliphatic rings. The molecule has 4 nitrogen and oxygen atoms in total. The second kappa shape index (κ2) is 18.0. The van der Waals surface area contributed by atoms with Gasteiger partial charge in [-0.1, -0.05) is 0 Å². The van der Waals surface area contributed by atoms with E-state index in [0.717, 1.165) is 26.1 Å². The number of hydrogen-bond donors (Lipinski definition) is 0. The van der Waals surface area contributed by atoms with E-state index < -0.39 is 0 Å². The fourth-order valence-corrected chi connectivity index (χ4v) is 3.19. The summed E-state index contributed by atoms with van der Waals surface area (Å²) in [5.74, 6) is 0. The number of hydrogen-bond acceptors (Lipinski definition) is 4. The van der Waals surface area contributed by atoms with Gasteiger partial charge in [0.05, 0.1) is 0 Å².